The van der Waals surface area contributed by atoms with E-state index in [-0.39, 0.29) is 17.9 Å². The average Bonchev–Trinajstić information content (AvgIpc) is 2.95. The molecule has 0 aromatic heterocycles. The molecule has 0 aliphatic carbocycles. The molecule has 1 unspecified atom stereocenters. The molecule has 1 fully saturated rings. The van der Waals surface area contributed by atoms with Crippen LogP contribution in [0.1, 0.15) is 43.9 Å². The lowest BCUT2D eigenvalue weighted by Gasteiger charge is -2.24. The summed E-state index contributed by atoms with van der Waals surface area (Å²) in [7, 11) is 0. The van der Waals surface area contributed by atoms with Crippen molar-refractivity contribution in [2.75, 3.05) is 0 Å². The predicted octanol–water partition coefficient (Wildman–Crippen LogP) is 4.66. The minimum Gasteiger partial charge on any atom is -0.342 e. The van der Waals surface area contributed by atoms with E-state index in [4.69, 9.17) is 28.6 Å². The third-order valence-corrected chi connectivity index (χ3v) is 6.16. The number of halogens is 2. The van der Waals surface area contributed by atoms with E-state index >= 15 is 0 Å². The highest BCUT2D eigenvalue weighted by Crippen LogP contribution is 2.26. The number of nitrogens with zero attached hydrogens (tertiary/aromatic N) is 1. The van der Waals surface area contributed by atoms with Gasteiger partial charge in [-0.3, -0.25) is 15.1 Å². The van der Waals surface area contributed by atoms with E-state index in [0.717, 1.165) is 16.7 Å². The first kappa shape index (κ1) is 24.9. The Morgan fingerprint density at radius 1 is 1.06 bits per heavy atom. The number of rotatable bonds is 8. The van der Waals surface area contributed by atoms with E-state index in [9.17, 15) is 9.59 Å². The molecule has 1 saturated heterocycles. The Balaban J connectivity index is 1.54. The first-order valence-electron chi connectivity index (χ1n) is 10.8. The van der Waals surface area contributed by atoms with E-state index in [2.05, 4.69) is 29.8 Å². The van der Waals surface area contributed by atoms with Crippen molar-refractivity contribution in [2.24, 2.45) is 5.92 Å². The standard InChI is InChI=1S/C24H29Cl2N5O2/c1-15(2)11-24(3)21(32)31(22(27)30-24)14-18-6-4-5-16(9-18)12-28-23(33)29-13-17-7-8-19(25)20(26)10-17/h4-10,15H,11-14H2,1-3H3,(H2,27,30)(H2,28,29,33). The fourth-order valence-corrected chi connectivity index (χ4v) is 4.31. The molecule has 7 nitrogen and oxygen atoms in total. The Labute approximate surface area is 204 Å². The number of amides is 3. The summed E-state index contributed by atoms with van der Waals surface area (Å²) >= 11 is 11.9. The molecule has 4 N–H and O–H groups in total. The SMILES string of the molecule is CC(C)CC1(C)NC(=N)N(Cc2cccc(CNC(=O)NCc3ccc(Cl)c(Cl)c3)c2)C1=O. The topological polar surface area (TPSA) is 97.3 Å². The first-order valence-corrected chi connectivity index (χ1v) is 11.5. The van der Waals surface area contributed by atoms with E-state index in [0.29, 0.717) is 42.0 Å². The number of hydrogen-bond donors (Lipinski definition) is 4. The minimum absolute atomic E-state index is 0.0913. The second-order valence-electron chi connectivity index (χ2n) is 8.90. The largest absolute Gasteiger partial charge is 0.342 e. The van der Waals surface area contributed by atoms with Gasteiger partial charge in [0.25, 0.3) is 5.91 Å². The average molecular weight is 490 g/mol. The summed E-state index contributed by atoms with van der Waals surface area (Å²) in [6, 6.07) is 12.5. The molecular formula is C24H29Cl2N5O2. The van der Waals surface area contributed by atoms with Gasteiger partial charge in [-0.2, -0.15) is 0 Å². The second-order valence-corrected chi connectivity index (χ2v) is 9.71. The number of carbonyl (C=O) groups is 2. The lowest BCUT2D eigenvalue weighted by Crippen LogP contribution is -2.44. The van der Waals surface area contributed by atoms with Crippen molar-refractivity contribution >= 4 is 41.1 Å². The number of urea groups is 1. The van der Waals surface area contributed by atoms with E-state index in [1.807, 2.05) is 31.2 Å². The fourth-order valence-electron chi connectivity index (χ4n) is 3.98. The monoisotopic (exact) mass is 489 g/mol. The predicted molar refractivity (Wildman–Crippen MR) is 131 cm³/mol. The van der Waals surface area contributed by atoms with Crippen molar-refractivity contribution in [3.63, 3.8) is 0 Å². The summed E-state index contributed by atoms with van der Waals surface area (Å²) in [5.41, 5.74) is 1.88. The number of guanidine groups is 1. The van der Waals surface area contributed by atoms with Crippen LogP contribution in [-0.2, 0) is 24.4 Å². The summed E-state index contributed by atoms with van der Waals surface area (Å²) < 4.78 is 0. The number of benzene rings is 2. The van der Waals surface area contributed by atoms with Gasteiger partial charge in [0.2, 0.25) is 0 Å². The Bertz CT molecular complexity index is 1060. The highest BCUT2D eigenvalue weighted by molar-refractivity contribution is 6.42. The van der Waals surface area contributed by atoms with Crippen molar-refractivity contribution in [3.8, 4) is 0 Å². The van der Waals surface area contributed by atoms with Crippen LogP contribution in [0.4, 0.5) is 4.79 Å². The molecule has 3 rings (SSSR count). The molecule has 0 radical (unpaired) electrons. The molecule has 0 spiro atoms. The number of carbonyl (C=O) groups excluding carboxylic acids is 2. The van der Waals surface area contributed by atoms with Gasteiger partial charge in [-0.25, -0.2) is 4.79 Å². The Kier molecular flexibility index (Phi) is 7.87. The maximum atomic E-state index is 12.9. The van der Waals surface area contributed by atoms with Crippen LogP contribution in [-0.4, -0.2) is 28.3 Å². The third-order valence-electron chi connectivity index (χ3n) is 5.42. The summed E-state index contributed by atoms with van der Waals surface area (Å²) in [5, 5.41) is 17.8. The highest BCUT2D eigenvalue weighted by atomic mass is 35.5. The lowest BCUT2D eigenvalue weighted by atomic mass is 9.91. The zero-order valence-corrected chi connectivity index (χ0v) is 20.5. The van der Waals surface area contributed by atoms with Crippen LogP contribution in [0.15, 0.2) is 42.5 Å². The molecule has 1 heterocycles. The van der Waals surface area contributed by atoms with Crippen LogP contribution >= 0.6 is 23.2 Å². The molecule has 0 saturated carbocycles. The molecule has 2 aromatic rings. The highest BCUT2D eigenvalue weighted by Gasteiger charge is 2.45. The third kappa shape index (κ3) is 6.39. The van der Waals surface area contributed by atoms with Gasteiger partial charge >= 0.3 is 6.03 Å². The summed E-state index contributed by atoms with van der Waals surface area (Å²) in [4.78, 5) is 26.6. The van der Waals surface area contributed by atoms with Crippen molar-refractivity contribution < 1.29 is 9.59 Å². The lowest BCUT2D eigenvalue weighted by molar-refractivity contribution is -0.131. The summed E-state index contributed by atoms with van der Waals surface area (Å²) in [6.07, 6.45) is 0.659. The molecule has 1 aliphatic rings. The van der Waals surface area contributed by atoms with Crippen LogP contribution in [0.3, 0.4) is 0 Å². The van der Waals surface area contributed by atoms with Crippen LogP contribution in [0, 0.1) is 11.3 Å². The van der Waals surface area contributed by atoms with Gasteiger partial charge in [0.1, 0.15) is 5.54 Å². The van der Waals surface area contributed by atoms with Gasteiger partial charge in [0, 0.05) is 13.1 Å². The molecular weight excluding hydrogens is 461 g/mol. The van der Waals surface area contributed by atoms with E-state index < -0.39 is 5.54 Å². The molecule has 2 aromatic carbocycles. The van der Waals surface area contributed by atoms with E-state index in [1.54, 1.807) is 18.2 Å². The van der Waals surface area contributed by atoms with Gasteiger partial charge in [-0.05, 0) is 48.1 Å². The number of hydrogen-bond acceptors (Lipinski definition) is 3. The molecule has 33 heavy (non-hydrogen) atoms. The first-order chi connectivity index (χ1) is 15.6. The van der Waals surface area contributed by atoms with Gasteiger partial charge in [-0.1, -0.05) is 67.4 Å². The van der Waals surface area contributed by atoms with Crippen LogP contribution < -0.4 is 16.0 Å². The normalized spacial score (nSPS) is 17.9. The van der Waals surface area contributed by atoms with Crippen molar-refractivity contribution in [1.82, 2.24) is 20.9 Å². The van der Waals surface area contributed by atoms with Crippen LogP contribution in [0.2, 0.25) is 10.0 Å². The summed E-state index contributed by atoms with van der Waals surface area (Å²) in [6.45, 7) is 6.92. The quantitative estimate of drug-likeness (QED) is 0.433. The zero-order chi connectivity index (χ0) is 24.2. The molecule has 1 atom stereocenters. The Morgan fingerprint density at radius 3 is 2.33 bits per heavy atom. The molecule has 9 heteroatoms. The molecule has 1 aliphatic heterocycles. The van der Waals surface area contributed by atoms with Gasteiger partial charge in [0.15, 0.2) is 5.96 Å². The fraction of sp³-hybridized carbons (Fsp3) is 0.375. The van der Waals surface area contributed by atoms with Crippen LogP contribution in [0.25, 0.3) is 0 Å². The zero-order valence-electron chi connectivity index (χ0n) is 19.0. The van der Waals surface area contributed by atoms with Gasteiger partial charge in [0.05, 0.1) is 16.6 Å². The van der Waals surface area contributed by atoms with E-state index in [1.165, 1.54) is 4.90 Å². The maximum Gasteiger partial charge on any atom is 0.315 e. The van der Waals surface area contributed by atoms with Crippen molar-refractivity contribution in [3.05, 3.63) is 69.2 Å². The molecule has 176 valence electrons. The second kappa shape index (κ2) is 10.4. The Morgan fingerprint density at radius 2 is 1.70 bits per heavy atom. The minimum atomic E-state index is -0.753. The maximum absolute atomic E-state index is 12.9. The summed E-state index contributed by atoms with van der Waals surface area (Å²) in [5.74, 6) is 0.358. The van der Waals surface area contributed by atoms with Crippen molar-refractivity contribution in [2.45, 2.75) is 52.4 Å². The van der Waals surface area contributed by atoms with Crippen LogP contribution in [0.5, 0.6) is 0 Å². The van der Waals surface area contributed by atoms with Gasteiger partial charge in [-0.15, -0.1) is 0 Å². The molecule has 3 amide bonds. The number of nitrogens with one attached hydrogen (secondary N) is 4. The van der Waals surface area contributed by atoms with Gasteiger partial charge < -0.3 is 16.0 Å². The molecule has 0 bridgehead atoms. The smallest absolute Gasteiger partial charge is 0.315 e. The van der Waals surface area contributed by atoms with Crippen molar-refractivity contribution in [1.29, 1.82) is 5.41 Å². The Hall–Kier alpha value is -2.77.